The smallest absolute Gasteiger partial charge is 0.183 e. The number of likely N-dealkylation sites (tertiary alicyclic amines) is 1. The van der Waals surface area contributed by atoms with E-state index in [0.717, 1.165) is 31.5 Å². The minimum absolute atomic E-state index is 0.0721. The van der Waals surface area contributed by atoms with Gasteiger partial charge in [-0.15, -0.1) is 11.6 Å². The Balaban J connectivity index is 2.16. The first-order valence-corrected chi connectivity index (χ1v) is 5.97. The SMILES string of the molecule is CN1CCC(Cl)(C(=O)c2ccccc2)CC1. The monoisotopic (exact) mass is 237 g/mol. The van der Waals surface area contributed by atoms with E-state index in [4.69, 9.17) is 11.6 Å². The van der Waals surface area contributed by atoms with Crippen molar-refractivity contribution in [3.8, 4) is 0 Å². The molecule has 1 saturated heterocycles. The quantitative estimate of drug-likeness (QED) is 0.582. The first-order chi connectivity index (χ1) is 7.62. The largest absolute Gasteiger partial charge is 0.306 e. The minimum Gasteiger partial charge on any atom is -0.306 e. The molecule has 2 rings (SSSR count). The van der Waals surface area contributed by atoms with Crippen molar-refractivity contribution in [1.82, 2.24) is 4.90 Å². The maximum absolute atomic E-state index is 12.3. The number of halogens is 1. The second kappa shape index (κ2) is 4.56. The molecule has 3 heteroatoms. The zero-order valence-corrected chi connectivity index (χ0v) is 10.2. The zero-order valence-electron chi connectivity index (χ0n) is 9.45. The molecule has 1 heterocycles. The Hall–Kier alpha value is -0.860. The predicted molar refractivity (Wildman–Crippen MR) is 66.1 cm³/mol. The summed E-state index contributed by atoms with van der Waals surface area (Å²) in [5.74, 6) is 0.0721. The Kier molecular flexibility index (Phi) is 3.31. The molecule has 1 aromatic carbocycles. The highest BCUT2D eigenvalue weighted by Crippen LogP contribution is 2.32. The van der Waals surface area contributed by atoms with Gasteiger partial charge in [0, 0.05) is 5.56 Å². The van der Waals surface area contributed by atoms with Crippen molar-refractivity contribution in [2.45, 2.75) is 17.7 Å². The molecule has 0 N–H and O–H groups in total. The van der Waals surface area contributed by atoms with Crippen LogP contribution in [0.3, 0.4) is 0 Å². The van der Waals surface area contributed by atoms with Crippen LogP contribution in [0.4, 0.5) is 0 Å². The van der Waals surface area contributed by atoms with Crippen LogP contribution in [0, 0.1) is 0 Å². The molecule has 0 aromatic heterocycles. The van der Waals surface area contributed by atoms with E-state index in [2.05, 4.69) is 11.9 Å². The Morgan fingerprint density at radius 2 is 1.81 bits per heavy atom. The highest BCUT2D eigenvalue weighted by Gasteiger charge is 2.38. The summed E-state index contributed by atoms with van der Waals surface area (Å²) in [6.45, 7) is 1.78. The lowest BCUT2D eigenvalue weighted by Gasteiger charge is -2.34. The molecule has 16 heavy (non-hydrogen) atoms. The lowest BCUT2D eigenvalue weighted by Crippen LogP contribution is -2.44. The molecule has 0 radical (unpaired) electrons. The summed E-state index contributed by atoms with van der Waals surface area (Å²) in [5.41, 5.74) is 0.724. The molecule has 1 aliphatic heterocycles. The number of alkyl halides is 1. The third-order valence-electron chi connectivity index (χ3n) is 3.22. The molecule has 1 aromatic rings. The Morgan fingerprint density at radius 1 is 1.25 bits per heavy atom. The van der Waals surface area contributed by atoms with E-state index in [1.165, 1.54) is 0 Å². The van der Waals surface area contributed by atoms with Crippen LogP contribution in [0.15, 0.2) is 30.3 Å². The number of rotatable bonds is 2. The van der Waals surface area contributed by atoms with Gasteiger partial charge < -0.3 is 4.90 Å². The first-order valence-electron chi connectivity index (χ1n) is 5.59. The average Bonchev–Trinajstić information content (AvgIpc) is 2.33. The lowest BCUT2D eigenvalue weighted by atomic mass is 9.88. The van der Waals surface area contributed by atoms with Crippen LogP contribution in [0.1, 0.15) is 23.2 Å². The Labute approximate surface area is 101 Å². The summed E-state index contributed by atoms with van der Waals surface area (Å²) in [4.78, 5) is 13.8. The number of nitrogens with zero attached hydrogens (tertiary/aromatic N) is 1. The van der Waals surface area contributed by atoms with E-state index in [0.29, 0.717) is 0 Å². The van der Waals surface area contributed by atoms with Gasteiger partial charge in [-0.1, -0.05) is 30.3 Å². The van der Waals surface area contributed by atoms with Gasteiger partial charge in [-0.2, -0.15) is 0 Å². The molecule has 1 aliphatic rings. The van der Waals surface area contributed by atoms with Crippen LogP contribution in [-0.4, -0.2) is 35.7 Å². The van der Waals surface area contributed by atoms with Crippen molar-refractivity contribution in [3.05, 3.63) is 35.9 Å². The molecule has 0 spiro atoms. The topological polar surface area (TPSA) is 20.3 Å². The van der Waals surface area contributed by atoms with Crippen LogP contribution in [0.2, 0.25) is 0 Å². The van der Waals surface area contributed by atoms with Crippen LogP contribution in [-0.2, 0) is 0 Å². The lowest BCUT2D eigenvalue weighted by molar-refractivity contribution is 0.0886. The fourth-order valence-corrected chi connectivity index (χ4v) is 2.33. The summed E-state index contributed by atoms with van der Waals surface area (Å²) < 4.78 is 0. The molecule has 0 amide bonds. The van der Waals surface area contributed by atoms with Crippen molar-refractivity contribution < 1.29 is 4.79 Å². The molecule has 0 atom stereocenters. The summed E-state index contributed by atoms with van der Waals surface area (Å²) in [5, 5.41) is 0. The van der Waals surface area contributed by atoms with E-state index < -0.39 is 4.87 Å². The van der Waals surface area contributed by atoms with E-state index in [1.807, 2.05) is 30.3 Å². The number of carbonyl (C=O) groups is 1. The first kappa shape index (κ1) is 11.6. The van der Waals surface area contributed by atoms with Crippen molar-refractivity contribution in [3.63, 3.8) is 0 Å². The molecule has 0 unspecified atom stereocenters. The van der Waals surface area contributed by atoms with Crippen LogP contribution in [0.5, 0.6) is 0 Å². The van der Waals surface area contributed by atoms with Gasteiger partial charge >= 0.3 is 0 Å². The maximum atomic E-state index is 12.3. The van der Waals surface area contributed by atoms with Crippen molar-refractivity contribution in [2.24, 2.45) is 0 Å². The van der Waals surface area contributed by atoms with Gasteiger partial charge in [0.15, 0.2) is 5.78 Å². The number of ketones is 1. The average molecular weight is 238 g/mol. The number of carbonyl (C=O) groups excluding carboxylic acids is 1. The molecule has 0 aliphatic carbocycles. The van der Waals surface area contributed by atoms with E-state index >= 15 is 0 Å². The maximum Gasteiger partial charge on any atom is 0.183 e. The van der Waals surface area contributed by atoms with Crippen LogP contribution >= 0.6 is 11.6 Å². The van der Waals surface area contributed by atoms with Crippen LogP contribution in [0.25, 0.3) is 0 Å². The summed E-state index contributed by atoms with van der Waals surface area (Å²) in [6, 6.07) is 9.34. The second-order valence-electron chi connectivity index (χ2n) is 4.46. The predicted octanol–water partition coefficient (Wildman–Crippen LogP) is 2.57. The highest BCUT2D eigenvalue weighted by atomic mass is 35.5. The van der Waals surface area contributed by atoms with Gasteiger partial charge in [-0.05, 0) is 33.0 Å². The minimum atomic E-state index is -0.687. The number of benzene rings is 1. The normalized spacial score (nSPS) is 20.6. The summed E-state index contributed by atoms with van der Waals surface area (Å²) >= 11 is 6.45. The molecule has 1 fully saturated rings. The number of Topliss-reactive ketones (excluding diaryl/α,β-unsaturated/α-hetero) is 1. The molecule has 0 saturated carbocycles. The third kappa shape index (κ3) is 2.28. The zero-order chi connectivity index (χ0) is 11.6. The van der Waals surface area contributed by atoms with Crippen molar-refractivity contribution >= 4 is 17.4 Å². The number of piperidine rings is 1. The van der Waals surface area contributed by atoms with Gasteiger partial charge in [0.1, 0.15) is 4.87 Å². The number of hydrogen-bond acceptors (Lipinski definition) is 2. The standard InChI is InChI=1S/C13H16ClNO/c1-15-9-7-13(14,8-10-15)12(16)11-5-3-2-4-6-11/h2-6H,7-10H2,1H3. The van der Waals surface area contributed by atoms with Gasteiger partial charge in [0.25, 0.3) is 0 Å². The molecule has 0 bridgehead atoms. The Morgan fingerprint density at radius 3 is 2.38 bits per heavy atom. The van der Waals surface area contributed by atoms with Gasteiger partial charge in [0.2, 0.25) is 0 Å². The molecule has 86 valence electrons. The van der Waals surface area contributed by atoms with E-state index in [-0.39, 0.29) is 5.78 Å². The molecular weight excluding hydrogens is 222 g/mol. The van der Waals surface area contributed by atoms with Crippen molar-refractivity contribution in [1.29, 1.82) is 0 Å². The fraction of sp³-hybridized carbons (Fsp3) is 0.462. The summed E-state index contributed by atoms with van der Waals surface area (Å²) in [6.07, 6.45) is 1.47. The third-order valence-corrected chi connectivity index (χ3v) is 3.77. The highest BCUT2D eigenvalue weighted by molar-refractivity contribution is 6.38. The number of hydrogen-bond donors (Lipinski definition) is 0. The van der Waals surface area contributed by atoms with Gasteiger partial charge in [-0.3, -0.25) is 4.79 Å². The van der Waals surface area contributed by atoms with Crippen molar-refractivity contribution in [2.75, 3.05) is 20.1 Å². The van der Waals surface area contributed by atoms with Gasteiger partial charge in [-0.25, -0.2) is 0 Å². The van der Waals surface area contributed by atoms with E-state index in [1.54, 1.807) is 0 Å². The van der Waals surface area contributed by atoms with Gasteiger partial charge in [0.05, 0.1) is 0 Å². The fourth-order valence-electron chi connectivity index (χ4n) is 2.05. The van der Waals surface area contributed by atoms with Crippen LogP contribution < -0.4 is 0 Å². The summed E-state index contributed by atoms with van der Waals surface area (Å²) in [7, 11) is 2.06. The Bertz CT molecular complexity index is 369. The van der Waals surface area contributed by atoms with E-state index in [9.17, 15) is 4.79 Å². The molecule has 2 nitrogen and oxygen atoms in total. The second-order valence-corrected chi connectivity index (χ2v) is 5.19. The molecular formula is C13H16ClNO.